The Morgan fingerprint density at radius 2 is 1.80 bits per heavy atom. The highest BCUT2D eigenvalue weighted by Gasteiger charge is 2.58. The summed E-state index contributed by atoms with van der Waals surface area (Å²) in [5.41, 5.74) is 2.02. The molecular weight excluding hydrogens is 593 g/mol. The summed E-state index contributed by atoms with van der Waals surface area (Å²) in [6, 6.07) is 11.3. The molecule has 1 aromatic heterocycles. The van der Waals surface area contributed by atoms with Crippen molar-refractivity contribution < 1.29 is 33.0 Å². The second-order valence-electron chi connectivity index (χ2n) is 13.2. The van der Waals surface area contributed by atoms with E-state index in [1.165, 1.54) is 12.1 Å². The molecule has 3 aliphatic rings. The fraction of sp³-hybridized carbons (Fsp3) is 0.441. The Morgan fingerprint density at radius 3 is 2.46 bits per heavy atom. The van der Waals surface area contributed by atoms with Crippen molar-refractivity contribution in [2.75, 3.05) is 19.6 Å². The summed E-state index contributed by atoms with van der Waals surface area (Å²) in [5, 5.41) is 4.23. The van der Waals surface area contributed by atoms with E-state index in [0.29, 0.717) is 43.5 Å². The Balaban J connectivity index is 1.19. The largest absolute Gasteiger partial charge is 0.444 e. The quantitative estimate of drug-likeness (QED) is 0.385. The van der Waals surface area contributed by atoms with Crippen LogP contribution < -0.4 is 0 Å². The number of aromatic nitrogens is 2. The Bertz CT molecular complexity index is 1670. The van der Waals surface area contributed by atoms with Crippen LogP contribution in [0.3, 0.4) is 0 Å². The topological polar surface area (TPSA) is 114 Å². The Morgan fingerprint density at radius 1 is 1.09 bits per heavy atom. The lowest BCUT2D eigenvalue weighted by Crippen LogP contribution is -2.52. The van der Waals surface area contributed by atoms with Gasteiger partial charge < -0.3 is 19.3 Å². The number of amides is 4. The van der Waals surface area contributed by atoms with Gasteiger partial charge in [0, 0.05) is 56.5 Å². The molecule has 3 aromatic rings. The summed E-state index contributed by atoms with van der Waals surface area (Å²) in [6.07, 6.45) is 4.17. The van der Waals surface area contributed by atoms with Crippen LogP contribution in [0.15, 0.2) is 54.9 Å². The van der Waals surface area contributed by atoms with Crippen molar-refractivity contribution in [3.63, 3.8) is 0 Å². The number of likely N-dealkylation sites (tertiary alicyclic amines) is 1. The van der Waals surface area contributed by atoms with E-state index in [2.05, 4.69) is 5.10 Å². The molecule has 0 N–H and O–H groups in total. The van der Waals surface area contributed by atoms with Crippen LogP contribution in [0.5, 0.6) is 0 Å². The molecule has 11 nitrogen and oxygen atoms in total. The maximum Gasteiger partial charge on any atom is 0.418 e. The van der Waals surface area contributed by atoms with E-state index >= 15 is 0 Å². The first-order valence-electron chi connectivity index (χ1n) is 15.5. The summed E-state index contributed by atoms with van der Waals surface area (Å²) >= 11 is 0. The van der Waals surface area contributed by atoms with Gasteiger partial charge >= 0.3 is 12.2 Å². The van der Waals surface area contributed by atoms with Crippen LogP contribution in [-0.2, 0) is 44.7 Å². The van der Waals surface area contributed by atoms with Crippen LogP contribution in [0.2, 0.25) is 0 Å². The summed E-state index contributed by atoms with van der Waals surface area (Å²) < 4.78 is 26.7. The number of fused-ring (bicyclic) bond motifs is 2. The van der Waals surface area contributed by atoms with Crippen LogP contribution in [0, 0.1) is 5.82 Å². The molecule has 2 saturated heterocycles. The van der Waals surface area contributed by atoms with Gasteiger partial charge in [0.1, 0.15) is 18.0 Å². The minimum absolute atomic E-state index is 0.151. The van der Waals surface area contributed by atoms with Gasteiger partial charge in [0.05, 0.1) is 6.20 Å². The molecule has 242 valence electrons. The number of hydrogen-bond acceptors (Lipinski definition) is 7. The zero-order valence-corrected chi connectivity index (χ0v) is 26.5. The molecule has 12 heteroatoms. The number of carbonyl (C=O) groups excluding carboxylic acids is 4. The number of ether oxygens (including phenoxy) is 2. The molecule has 0 bridgehead atoms. The van der Waals surface area contributed by atoms with Gasteiger partial charge in [0.15, 0.2) is 0 Å². The van der Waals surface area contributed by atoms with Crippen molar-refractivity contribution in [1.29, 1.82) is 0 Å². The van der Waals surface area contributed by atoms with Crippen LogP contribution in [-0.4, -0.2) is 79.8 Å². The first-order valence-corrected chi connectivity index (χ1v) is 15.5. The van der Waals surface area contributed by atoms with Gasteiger partial charge in [-0.25, -0.2) is 18.9 Å². The lowest BCUT2D eigenvalue weighted by Gasteiger charge is -2.39. The lowest BCUT2D eigenvalue weighted by atomic mass is 9.93. The number of carbonyl (C=O) groups is 4. The molecule has 4 amide bonds. The Labute approximate surface area is 266 Å². The predicted molar refractivity (Wildman–Crippen MR) is 165 cm³/mol. The standard InChI is InChI=1S/C34H38FN5O6/c1-33(2,3)45-31(43)38-15-12-27(13-16-38)39(19-22-5-8-26(35)9-6-22)29(41)21-40-30(42)34(46-32(40)44)14-11-24-17-23(7-10-28(24)34)25-18-36-37(4)20-25/h5-10,17-18,20,27H,11-16,19,21H2,1-4H3/t34-/m1/s1. The zero-order valence-electron chi connectivity index (χ0n) is 26.5. The molecule has 1 aliphatic carbocycles. The SMILES string of the molecule is Cn1cc(-c2ccc3c(c2)CC[C@@]32OC(=O)N(CC(=O)N(Cc3ccc(F)cc3)C3CCN(C(=O)OC(C)(C)C)CC3)C2=O)cn1. The Hall–Kier alpha value is -4.74. The zero-order chi connectivity index (χ0) is 32.8. The van der Waals surface area contributed by atoms with E-state index in [0.717, 1.165) is 21.6 Å². The number of piperidine rings is 1. The second kappa shape index (κ2) is 11.9. The van der Waals surface area contributed by atoms with Gasteiger partial charge in [-0.15, -0.1) is 0 Å². The number of halogens is 1. The van der Waals surface area contributed by atoms with Crippen molar-refractivity contribution >= 4 is 24.0 Å². The minimum atomic E-state index is -1.47. The fourth-order valence-corrected chi connectivity index (χ4v) is 6.52. The van der Waals surface area contributed by atoms with E-state index in [1.807, 2.05) is 31.4 Å². The average Bonchev–Trinajstić information content (AvgIpc) is 3.68. The molecule has 3 heterocycles. The van der Waals surface area contributed by atoms with Crippen molar-refractivity contribution in [2.45, 2.75) is 70.2 Å². The molecule has 0 radical (unpaired) electrons. The van der Waals surface area contributed by atoms with Crippen LogP contribution >= 0.6 is 0 Å². The van der Waals surface area contributed by atoms with Crippen molar-refractivity contribution in [3.05, 3.63) is 77.4 Å². The van der Waals surface area contributed by atoms with Crippen LogP contribution in [0.25, 0.3) is 11.1 Å². The van der Waals surface area contributed by atoms with Gasteiger partial charge in [-0.05, 0) is 68.9 Å². The molecule has 2 aliphatic heterocycles. The van der Waals surface area contributed by atoms with Crippen molar-refractivity contribution in [3.8, 4) is 11.1 Å². The molecular formula is C34H38FN5O6. The number of aryl methyl sites for hydroxylation is 2. The van der Waals surface area contributed by atoms with Crippen LogP contribution in [0.4, 0.5) is 14.0 Å². The molecule has 1 spiro atoms. The van der Waals surface area contributed by atoms with Gasteiger partial charge in [-0.1, -0.05) is 30.3 Å². The minimum Gasteiger partial charge on any atom is -0.444 e. The third-order valence-corrected chi connectivity index (χ3v) is 8.83. The maximum absolute atomic E-state index is 14.0. The first kappa shape index (κ1) is 31.3. The first-order chi connectivity index (χ1) is 21.8. The third kappa shape index (κ3) is 6.08. The molecule has 1 atom stereocenters. The van der Waals surface area contributed by atoms with Gasteiger partial charge in [-0.2, -0.15) is 5.10 Å². The number of hydrogen-bond donors (Lipinski definition) is 0. The molecule has 46 heavy (non-hydrogen) atoms. The number of benzene rings is 2. The van der Waals surface area contributed by atoms with Crippen molar-refractivity contribution in [1.82, 2.24) is 24.5 Å². The van der Waals surface area contributed by atoms with E-state index < -0.39 is 47.6 Å². The number of nitrogens with zero attached hydrogens (tertiary/aromatic N) is 5. The Kier molecular flexibility index (Phi) is 8.07. The molecule has 6 rings (SSSR count). The highest BCUT2D eigenvalue weighted by atomic mass is 19.1. The average molecular weight is 632 g/mol. The number of rotatable bonds is 6. The van der Waals surface area contributed by atoms with Crippen LogP contribution in [0.1, 0.15) is 56.7 Å². The van der Waals surface area contributed by atoms with E-state index in [-0.39, 0.29) is 19.0 Å². The maximum atomic E-state index is 14.0. The summed E-state index contributed by atoms with van der Waals surface area (Å²) in [5.74, 6) is -1.39. The summed E-state index contributed by atoms with van der Waals surface area (Å²) in [7, 11) is 1.84. The highest BCUT2D eigenvalue weighted by molar-refractivity contribution is 6.06. The van der Waals surface area contributed by atoms with Gasteiger partial charge in [0.2, 0.25) is 11.5 Å². The van der Waals surface area contributed by atoms with Crippen molar-refractivity contribution in [2.24, 2.45) is 7.05 Å². The smallest absolute Gasteiger partial charge is 0.418 e. The summed E-state index contributed by atoms with van der Waals surface area (Å²) in [4.78, 5) is 57.9. The molecule has 0 unspecified atom stereocenters. The van der Waals surface area contributed by atoms with E-state index in [1.54, 1.807) is 53.6 Å². The van der Waals surface area contributed by atoms with E-state index in [9.17, 15) is 23.6 Å². The molecule has 2 fully saturated rings. The normalized spacial score (nSPS) is 19.8. The number of imide groups is 1. The third-order valence-electron chi connectivity index (χ3n) is 8.83. The van der Waals surface area contributed by atoms with E-state index in [4.69, 9.17) is 9.47 Å². The predicted octanol–water partition coefficient (Wildman–Crippen LogP) is 4.77. The van der Waals surface area contributed by atoms with Gasteiger partial charge in [0.25, 0.3) is 5.91 Å². The highest BCUT2D eigenvalue weighted by Crippen LogP contribution is 2.46. The summed E-state index contributed by atoms with van der Waals surface area (Å²) in [6.45, 7) is 5.82. The van der Waals surface area contributed by atoms with Gasteiger partial charge in [-0.3, -0.25) is 14.3 Å². The fourth-order valence-electron chi connectivity index (χ4n) is 6.52. The molecule has 2 aromatic carbocycles. The lowest BCUT2D eigenvalue weighted by molar-refractivity contribution is -0.143. The molecule has 0 saturated carbocycles. The monoisotopic (exact) mass is 631 g/mol. The second-order valence-corrected chi connectivity index (χ2v) is 13.2.